The topological polar surface area (TPSA) is 73.0 Å². The van der Waals surface area contributed by atoms with Crippen LogP contribution < -0.4 is 15.1 Å². The number of anilines is 2. The van der Waals surface area contributed by atoms with E-state index in [0.717, 1.165) is 57.4 Å². The van der Waals surface area contributed by atoms with Gasteiger partial charge in [0.15, 0.2) is 0 Å². The number of amides is 3. The molecule has 0 aliphatic carbocycles. The summed E-state index contributed by atoms with van der Waals surface area (Å²) < 4.78 is 0. The quantitative estimate of drug-likeness (QED) is 0.844. The Kier molecular flexibility index (Phi) is 5.74. The molecule has 0 unspecified atom stereocenters. The smallest absolute Gasteiger partial charge is 0.253 e. The van der Waals surface area contributed by atoms with Crippen LogP contribution in [-0.4, -0.2) is 61.4 Å². The number of likely N-dealkylation sites (tertiary alicyclic amines) is 1. The minimum atomic E-state index is -0.214. The van der Waals surface area contributed by atoms with Crippen LogP contribution in [0.25, 0.3) is 0 Å². The number of carbonyl (C=O) groups is 3. The van der Waals surface area contributed by atoms with Crippen LogP contribution in [0.2, 0.25) is 0 Å². The lowest BCUT2D eigenvalue weighted by Gasteiger charge is -2.45. The average molecular weight is 399 g/mol. The molecule has 1 atom stereocenters. The molecule has 7 heteroatoms. The van der Waals surface area contributed by atoms with Crippen molar-refractivity contribution in [1.29, 1.82) is 0 Å². The maximum absolute atomic E-state index is 13.3. The number of nitrogens with zero attached hydrogens (tertiary/aromatic N) is 3. The molecular weight excluding hydrogens is 368 g/mol. The molecule has 4 rings (SSSR count). The van der Waals surface area contributed by atoms with Gasteiger partial charge in [0.25, 0.3) is 5.91 Å². The molecule has 2 fully saturated rings. The summed E-state index contributed by atoms with van der Waals surface area (Å²) in [6.45, 7) is 4.78. The standard InChI is InChI=1S/C22H30N4O3/c1-2-23-20(27)15-26-19-14-16(21(28)24-11-5-3-6-12-24)9-10-17(19)25-13-7-4-8-18(25)22(26)29/h9-10,14,18H,2-8,11-13,15H2,1H3,(H,23,27)/t18-/m1/s1. The SMILES string of the molecule is CCNC(=O)CN1C(=O)[C@H]2CCCCN2c2ccc(C(=O)N3CCCCC3)cc21. The Balaban J connectivity index is 1.69. The van der Waals surface area contributed by atoms with Crippen molar-refractivity contribution in [1.82, 2.24) is 10.2 Å². The van der Waals surface area contributed by atoms with Crippen molar-refractivity contribution in [2.75, 3.05) is 42.5 Å². The van der Waals surface area contributed by atoms with E-state index in [1.807, 2.05) is 30.0 Å². The third-order valence-corrected chi connectivity index (χ3v) is 6.20. The number of benzene rings is 1. The third-order valence-electron chi connectivity index (χ3n) is 6.20. The van der Waals surface area contributed by atoms with Gasteiger partial charge in [0.1, 0.15) is 12.6 Å². The highest BCUT2D eigenvalue weighted by Gasteiger charge is 2.40. The lowest BCUT2D eigenvalue weighted by atomic mass is 9.95. The summed E-state index contributed by atoms with van der Waals surface area (Å²) in [6.07, 6.45) is 6.11. The zero-order valence-corrected chi connectivity index (χ0v) is 17.2. The molecule has 3 amide bonds. The summed E-state index contributed by atoms with van der Waals surface area (Å²) in [5, 5.41) is 2.78. The fourth-order valence-corrected chi connectivity index (χ4v) is 4.73. The van der Waals surface area contributed by atoms with Gasteiger partial charge in [-0.25, -0.2) is 0 Å². The molecule has 1 aromatic rings. The third kappa shape index (κ3) is 3.82. The lowest BCUT2D eigenvalue weighted by Crippen LogP contribution is -2.57. The molecule has 0 spiro atoms. The maximum Gasteiger partial charge on any atom is 0.253 e. The Labute approximate surface area is 172 Å². The highest BCUT2D eigenvalue weighted by molar-refractivity contribution is 6.09. The van der Waals surface area contributed by atoms with E-state index in [2.05, 4.69) is 10.2 Å². The van der Waals surface area contributed by atoms with E-state index < -0.39 is 0 Å². The van der Waals surface area contributed by atoms with Gasteiger partial charge in [0.05, 0.1) is 11.4 Å². The molecule has 3 aliphatic rings. The van der Waals surface area contributed by atoms with Crippen molar-refractivity contribution in [3.8, 4) is 0 Å². The first-order chi connectivity index (χ1) is 14.1. The fraction of sp³-hybridized carbons (Fsp3) is 0.591. The van der Waals surface area contributed by atoms with Gasteiger partial charge in [-0.1, -0.05) is 0 Å². The highest BCUT2D eigenvalue weighted by atomic mass is 16.2. The minimum absolute atomic E-state index is 0.00856. The summed E-state index contributed by atoms with van der Waals surface area (Å²) in [6, 6.07) is 5.44. The van der Waals surface area contributed by atoms with Crippen LogP contribution in [0, 0.1) is 0 Å². The second-order valence-corrected chi connectivity index (χ2v) is 8.14. The van der Waals surface area contributed by atoms with Gasteiger partial charge in [-0.05, 0) is 63.6 Å². The normalized spacial score (nSPS) is 21.5. The van der Waals surface area contributed by atoms with E-state index in [-0.39, 0.29) is 30.3 Å². The monoisotopic (exact) mass is 398 g/mol. The van der Waals surface area contributed by atoms with Crippen LogP contribution in [0.15, 0.2) is 18.2 Å². The second-order valence-electron chi connectivity index (χ2n) is 8.14. The Morgan fingerprint density at radius 3 is 2.55 bits per heavy atom. The van der Waals surface area contributed by atoms with Crippen LogP contribution in [0.4, 0.5) is 11.4 Å². The number of fused-ring (bicyclic) bond motifs is 3. The minimum Gasteiger partial charge on any atom is -0.358 e. The molecule has 1 aromatic carbocycles. The molecule has 0 saturated carbocycles. The highest BCUT2D eigenvalue weighted by Crippen LogP contribution is 2.40. The molecular formula is C22H30N4O3. The van der Waals surface area contributed by atoms with Crippen molar-refractivity contribution < 1.29 is 14.4 Å². The predicted octanol–water partition coefficient (Wildman–Crippen LogP) is 2.15. The van der Waals surface area contributed by atoms with Gasteiger partial charge in [-0.2, -0.15) is 0 Å². The van der Waals surface area contributed by atoms with Crippen molar-refractivity contribution in [3.63, 3.8) is 0 Å². The van der Waals surface area contributed by atoms with E-state index in [9.17, 15) is 14.4 Å². The van der Waals surface area contributed by atoms with Gasteiger partial charge in [-0.15, -0.1) is 0 Å². The van der Waals surface area contributed by atoms with E-state index in [0.29, 0.717) is 17.8 Å². The van der Waals surface area contributed by atoms with Gasteiger partial charge < -0.3 is 15.1 Å². The van der Waals surface area contributed by atoms with Crippen LogP contribution in [0.1, 0.15) is 55.8 Å². The lowest BCUT2D eigenvalue weighted by molar-refractivity contribution is -0.124. The summed E-state index contributed by atoms with van der Waals surface area (Å²) in [5.41, 5.74) is 2.23. The number of hydrogen-bond donors (Lipinski definition) is 1. The number of carbonyl (C=O) groups excluding carboxylic acids is 3. The summed E-state index contributed by atoms with van der Waals surface area (Å²) >= 11 is 0. The Morgan fingerprint density at radius 1 is 1.03 bits per heavy atom. The zero-order valence-electron chi connectivity index (χ0n) is 17.2. The summed E-state index contributed by atoms with van der Waals surface area (Å²) in [7, 11) is 0. The van der Waals surface area contributed by atoms with E-state index >= 15 is 0 Å². The van der Waals surface area contributed by atoms with Crippen molar-refractivity contribution in [2.45, 2.75) is 51.5 Å². The zero-order chi connectivity index (χ0) is 20.4. The molecule has 2 saturated heterocycles. The number of hydrogen-bond acceptors (Lipinski definition) is 4. The van der Waals surface area contributed by atoms with Gasteiger partial charge in [0, 0.05) is 31.7 Å². The fourth-order valence-electron chi connectivity index (χ4n) is 4.73. The van der Waals surface area contributed by atoms with Gasteiger partial charge in [-0.3, -0.25) is 19.3 Å². The van der Waals surface area contributed by atoms with E-state index in [1.54, 1.807) is 4.90 Å². The molecule has 0 aromatic heterocycles. The number of piperidine rings is 2. The molecule has 0 bridgehead atoms. The Morgan fingerprint density at radius 2 is 1.79 bits per heavy atom. The van der Waals surface area contributed by atoms with Crippen molar-refractivity contribution >= 4 is 29.1 Å². The van der Waals surface area contributed by atoms with Crippen molar-refractivity contribution in [2.24, 2.45) is 0 Å². The molecule has 3 heterocycles. The number of likely N-dealkylation sites (N-methyl/N-ethyl adjacent to an activating group) is 1. The molecule has 156 valence electrons. The Bertz CT molecular complexity index is 803. The number of rotatable bonds is 4. The average Bonchev–Trinajstić information content (AvgIpc) is 2.76. The van der Waals surface area contributed by atoms with Crippen molar-refractivity contribution in [3.05, 3.63) is 23.8 Å². The second kappa shape index (κ2) is 8.43. The molecule has 29 heavy (non-hydrogen) atoms. The molecule has 1 N–H and O–H groups in total. The summed E-state index contributed by atoms with van der Waals surface area (Å²) in [5.74, 6) is -0.200. The van der Waals surface area contributed by atoms with Crippen LogP contribution in [-0.2, 0) is 9.59 Å². The van der Waals surface area contributed by atoms with Crippen LogP contribution in [0.3, 0.4) is 0 Å². The maximum atomic E-state index is 13.3. The first kappa shape index (κ1) is 19.7. The first-order valence-corrected chi connectivity index (χ1v) is 10.9. The van der Waals surface area contributed by atoms with E-state index in [4.69, 9.17) is 0 Å². The Hall–Kier alpha value is -2.57. The number of nitrogens with one attached hydrogen (secondary N) is 1. The molecule has 0 radical (unpaired) electrons. The molecule has 3 aliphatic heterocycles. The van der Waals surface area contributed by atoms with E-state index in [1.165, 1.54) is 6.42 Å². The van der Waals surface area contributed by atoms with Gasteiger partial charge >= 0.3 is 0 Å². The van der Waals surface area contributed by atoms with Gasteiger partial charge in [0.2, 0.25) is 11.8 Å². The predicted molar refractivity (Wildman–Crippen MR) is 112 cm³/mol. The largest absolute Gasteiger partial charge is 0.358 e. The van der Waals surface area contributed by atoms with Crippen LogP contribution in [0.5, 0.6) is 0 Å². The summed E-state index contributed by atoms with van der Waals surface area (Å²) in [4.78, 5) is 44.2. The first-order valence-electron chi connectivity index (χ1n) is 10.9. The van der Waals surface area contributed by atoms with Crippen LogP contribution >= 0.6 is 0 Å². The molecule has 7 nitrogen and oxygen atoms in total.